The smallest absolute Gasteiger partial charge is 0.120 e. The van der Waals surface area contributed by atoms with Gasteiger partial charge in [0.2, 0.25) is 0 Å². The molecule has 23 heavy (non-hydrogen) atoms. The zero-order valence-corrected chi connectivity index (χ0v) is 15.3. The highest BCUT2D eigenvalue weighted by Gasteiger charge is 2.30. The van der Waals surface area contributed by atoms with E-state index in [0.29, 0.717) is 11.5 Å². The minimum Gasteiger partial charge on any atom is -0.490 e. The molecule has 1 saturated carbocycles. The molecule has 0 aromatic heterocycles. The summed E-state index contributed by atoms with van der Waals surface area (Å²) in [5, 5.41) is 0. The molecule has 1 fully saturated rings. The molecule has 126 valence electrons. The molecule has 0 N–H and O–H groups in total. The molecule has 0 heterocycles. The number of hydrogen-bond acceptors (Lipinski definition) is 1. The summed E-state index contributed by atoms with van der Waals surface area (Å²) in [5.74, 6) is 1.93. The summed E-state index contributed by atoms with van der Waals surface area (Å²) in [5.41, 5.74) is 4.88. The van der Waals surface area contributed by atoms with Gasteiger partial charge in [-0.15, -0.1) is 0 Å². The Morgan fingerprint density at radius 2 is 1.78 bits per heavy atom. The van der Waals surface area contributed by atoms with Crippen LogP contribution in [0, 0.1) is 11.3 Å². The Hall–Kier alpha value is -1.24. The summed E-state index contributed by atoms with van der Waals surface area (Å²) >= 11 is 0. The lowest BCUT2D eigenvalue weighted by atomic mass is 9.72. The van der Waals surface area contributed by atoms with Gasteiger partial charge < -0.3 is 4.74 Å². The normalized spacial score (nSPS) is 24.8. The molecule has 1 heteroatoms. The molecular weight excluding hydrogens is 280 g/mol. The van der Waals surface area contributed by atoms with Crippen LogP contribution in [0.4, 0.5) is 0 Å². The lowest BCUT2D eigenvalue weighted by molar-refractivity contribution is 0.0881. The van der Waals surface area contributed by atoms with Crippen LogP contribution in [0.25, 0.3) is 6.08 Å². The average molecular weight is 312 g/mol. The van der Waals surface area contributed by atoms with Gasteiger partial charge in [-0.25, -0.2) is 0 Å². The van der Waals surface area contributed by atoms with E-state index < -0.39 is 0 Å². The van der Waals surface area contributed by atoms with Crippen molar-refractivity contribution in [3.8, 4) is 5.75 Å². The minimum absolute atomic E-state index is 0.414. The van der Waals surface area contributed by atoms with Crippen molar-refractivity contribution in [2.45, 2.75) is 78.7 Å². The Labute approximate surface area is 142 Å². The lowest BCUT2D eigenvalue weighted by Gasteiger charge is -2.37. The largest absolute Gasteiger partial charge is 0.490 e. The molecule has 0 bridgehead atoms. The van der Waals surface area contributed by atoms with E-state index in [4.69, 9.17) is 4.74 Å². The highest BCUT2D eigenvalue weighted by molar-refractivity contribution is 5.60. The third-order valence-corrected chi connectivity index (χ3v) is 5.85. The second kappa shape index (κ2) is 6.71. The minimum atomic E-state index is 0.414. The van der Waals surface area contributed by atoms with Crippen molar-refractivity contribution in [2.75, 3.05) is 0 Å². The molecule has 1 aromatic carbocycles. The van der Waals surface area contributed by atoms with E-state index in [1.54, 1.807) is 5.57 Å². The lowest BCUT2D eigenvalue weighted by Crippen LogP contribution is -2.30. The number of fused-ring (bicyclic) bond motifs is 1. The van der Waals surface area contributed by atoms with E-state index in [-0.39, 0.29) is 0 Å². The number of aryl methyl sites for hydroxylation is 1. The topological polar surface area (TPSA) is 9.23 Å². The molecule has 0 amide bonds. The van der Waals surface area contributed by atoms with Crippen LogP contribution in [0.1, 0.15) is 77.3 Å². The van der Waals surface area contributed by atoms with E-state index in [1.165, 1.54) is 56.1 Å². The molecule has 0 spiro atoms. The molecule has 0 radical (unpaired) electrons. The zero-order chi connectivity index (χ0) is 16.4. The third-order valence-electron chi connectivity index (χ3n) is 5.85. The number of benzene rings is 1. The Bertz CT molecular complexity index is 568. The van der Waals surface area contributed by atoms with Gasteiger partial charge in [-0.2, -0.15) is 0 Å². The van der Waals surface area contributed by atoms with Crippen LogP contribution in [0.2, 0.25) is 0 Å². The van der Waals surface area contributed by atoms with Gasteiger partial charge in [0.05, 0.1) is 6.10 Å². The van der Waals surface area contributed by atoms with Crippen molar-refractivity contribution < 1.29 is 4.74 Å². The van der Waals surface area contributed by atoms with Crippen molar-refractivity contribution >= 4 is 6.08 Å². The summed E-state index contributed by atoms with van der Waals surface area (Å²) in [6.45, 7) is 9.38. The third kappa shape index (κ3) is 4.00. The standard InChI is InChI=1S/C22H32O/c1-5-16-6-7-18-15-21(11-8-17(18)14-16)23-20-12-9-19(10-13-20)22(2,3)4/h8,11,14-15,19-20H,5-7,9-10,12-13H2,1-4H3/t19-,20-. The van der Waals surface area contributed by atoms with Gasteiger partial charge in [-0.05, 0) is 79.5 Å². The maximum atomic E-state index is 6.31. The van der Waals surface area contributed by atoms with Crippen molar-refractivity contribution in [1.29, 1.82) is 0 Å². The van der Waals surface area contributed by atoms with Crippen molar-refractivity contribution in [3.63, 3.8) is 0 Å². The van der Waals surface area contributed by atoms with E-state index >= 15 is 0 Å². The molecule has 0 atom stereocenters. The zero-order valence-electron chi connectivity index (χ0n) is 15.3. The average Bonchev–Trinajstić information content (AvgIpc) is 2.54. The van der Waals surface area contributed by atoms with Crippen LogP contribution in [0.3, 0.4) is 0 Å². The summed E-state index contributed by atoms with van der Waals surface area (Å²) in [7, 11) is 0. The molecule has 2 aliphatic rings. The predicted molar refractivity (Wildman–Crippen MR) is 98.9 cm³/mol. The maximum Gasteiger partial charge on any atom is 0.120 e. The van der Waals surface area contributed by atoms with Gasteiger partial charge in [0.1, 0.15) is 5.75 Å². The predicted octanol–water partition coefficient (Wildman–Crippen LogP) is 6.41. The fourth-order valence-corrected chi connectivity index (χ4v) is 4.12. The fraction of sp³-hybridized carbons (Fsp3) is 0.636. The van der Waals surface area contributed by atoms with Crippen molar-refractivity contribution in [2.24, 2.45) is 11.3 Å². The molecule has 3 rings (SSSR count). The Morgan fingerprint density at radius 1 is 1.04 bits per heavy atom. The van der Waals surface area contributed by atoms with E-state index in [1.807, 2.05) is 0 Å². The molecule has 0 aliphatic heterocycles. The summed E-state index contributed by atoms with van der Waals surface area (Å²) in [6, 6.07) is 6.71. The number of rotatable bonds is 3. The van der Waals surface area contributed by atoms with Crippen LogP contribution in [-0.2, 0) is 6.42 Å². The van der Waals surface area contributed by atoms with Gasteiger partial charge in [-0.1, -0.05) is 45.4 Å². The molecular formula is C22H32O. The quantitative estimate of drug-likeness (QED) is 0.626. The van der Waals surface area contributed by atoms with Gasteiger partial charge in [0.25, 0.3) is 0 Å². The fourth-order valence-electron chi connectivity index (χ4n) is 4.12. The number of allylic oxidation sites excluding steroid dienone is 1. The first-order valence-corrected chi connectivity index (χ1v) is 9.44. The summed E-state index contributed by atoms with van der Waals surface area (Å²) < 4.78 is 6.31. The molecule has 1 aromatic rings. The Kier molecular flexibility index (Phi) is 4.85. The Balaban J connectivity index is 1.61. The first kappa shape index (κ1) is 16.6. The van der Waals surface area contributed by atoms with Gasteiger partial charge in [0, 0.05) is 0 Å². The van der Waals surface area contributed by atoms with E-state index in [9.17, 15) is 0 Å². The molecule has 0 saturated heterocycles. The number of hydrogen-bond donors (Lipinski definition) is 0. The van der Waals surface area contributed by atoms with Crippen molar-refractivity contribution in [1.82, 2.24) is 0 Å². The van der Waals surface area contributed by atoms with Gasteiger partial charge in [0.15, 0.2) is 0 Å². The first-order chi connectivity index (χ1) is 11.0. The number of ether oxygens (including phenoxy) is 1. The van der Waals surface area contributed by atoms with Gasteiger partial charge >= 0.3 is 0 Å². The Morgan fingerprint density at radius 3 is 2.43 bits per heavy atom. The van der Waals surface area contributed by atoms with E-state index in [2.05, 4.69) is 52.0 Å². The van der Waals surface area contributed by atoms with Crippen LogP contribution in [0.15, 0.2) is 23.8 Å². The highest BCUT2D eigenvalue weighted by atomic mass is 16.5. The summed E-state index contributed by atoms with van der Waals surface area (Å²) in [4.78, 5) is 0. The second-order valence-electron chi connectivity index (χ2n) is 8.47. The van der Waals surface area contributed by atoms with Crippen LogP contribution in [0.5, 0.6) is 5.75 Å². The second-order valence-corrected chi connectivity index (χ2v) is 8.47. The monoisotopic (exact) mass is 312 g/mol. The molecule has 2 aliphatic carbocycles. The first-order valence-electron chi connectivity index (χ1n) is 9.44. The summed E-state index contributed by atoms with van der Waals surface area (Å²) in [6.07, 6.45) is 11.4. The van der Waals surface area contributed by atoms with Crippen molar-refractivity contribution in [3.05, 3.63) is 34.9 Å². The van der Waals surface area contributed by atoms with E-state index in [0.717, 1.165) is 11.7 Å². The maximum absolute atomic E-state index is 6.31. The van der Waals surface area contributed by atoms with Gasteiger partial charge in [-0.3, -0.25) is 0 Å². The van der Waals surface area contributed by atoms with Crippen LogP contribution in [-0.4, -0.2) is 6.10 Å². The molecule has 0 unspecified atom stereocenters. The highest BCUT2D eigenvalue weighted by Crippen LogP contribution is 2.39. The van der Waals surface area contributed by atoms with Crippen LogP contribution < -0.4 is 4.74 Å². The SMILES string of the molecule is CCC1=Cc2ccc(O[C@H]3CC[C@H](C(C)(C)C)CC3)cc2CC1. The molecule has 1 nitrogen and oxygen atoms in total. The van der Waals surface area contributed by atoms with Crippen LogP contribution >= 0.6 is 0 Å².